The van der Waals surface area contributed by atoms with Gasteiger partial charge in [0.1, 0.15) is 5.75 Å². The van der Waals surface area contributed by atoms with Crippen LogP contribution in [-0.4, -0.2) is 36.1 Å². The number of hydrogen-bond acceptors (Lipinski definition) is 4. The average molecular weight is 303 g/mol. The summed E-state index contributed by atoms with van der Waals surface area (Å²) in [6.45, 7) is 0.392. The second-order valence-corrected chi connectivity index (χ2v) is 6.22. The zero-order chi connectivity index (χ0) is 14.8. The third-order valence-corrected chi connectivity index (χ3v) is 4.90. The fourth-order valence-corrected chi connectivity index (χ4v) is 3.76. The lowest BCUT2D eigenvalue weighted by Gasteiger charge is -2.20. The first kappa shape index (κ1) is 14.2. The third kappa shape index (κ3) is 2.83. The number of nitrogens with zero attached hydrogens (tertiary/aromatic N) is 1. The first-order valence-electron chi connectivity index (χ1n) is 7.02. The van der Waals surface area contributed by atoms with Crippen LogP contribution in [0.5, 0.6) is 5.75 Å². The van der Waals surface area contributed by atoms with Gasteiger partial charge in [-0.3, -0.25) is 14.5 Å². The largest absolute Gasteiger partial charge is 0.497 e. The Balaban J connectivity index is 1.83. The van der Waals surface area contributed by atoms with Crippen LogP contribution in [0.15, 0.2) is 29.2 Å². The van der Waals surface area contributed by atoms with E-state index in [2.05, 4.69) is 6.07 Å². The van der Waals surface area contributed by atoms with Gasteiger partial charge in [-0.2, -0.15) is 0 Å². The molecule has 0 radical (unpaired) electrons. The van der Waals surface area contributed by atoms with Crippen LogP contribution in [0.25, 0.3) is 5.57 Å². The molecule has 5 heteroatoms. The summed E-state index contributed by atoms with van der Waals surface area (Å²) in [6.07, 6.45) is 3.68. The molecule has 1 aromatic rings. The normalized spacial score (nSPS) is 20.0. The first-order chi connectivity index (χ1) is 10.2. The highest BCUT2D eigenvalue weighted by molar-refractivity contribution is 7.99. The van der Waals surface area contributed by atoms with Gasteiger partial charge in [0.2, 0.25) is 11.8 Å². The summed E-state index contributed by atoms with van der Waals surface area (Å²) in [7, 11) is 1.66. The van der Waals surface area contributed by atoms with E-state index in [-0.39, 0.29) is 11.8 Å². The summed E-state index contributed by atoms with van der Waals surface area (Å²) < 4.78 is 5.25. The van der Waals surface area contributed by atoms with Crippen molar-refractivity contribution in [1.29, 1.82) is 0 Å². The van der Waals surface area contributed by atoms with Crippen molar-refractivity contribution in [3.8, 4) is 5.75 Å². The molecule has 0 aliphatic carbocycles. The molecule has 0 saturated carbocycles. The van der Waals surface area contributed by atoms with Crippen molar-refractivity contribution in [3.63, 3.8) is 0 Å². The first-order valence-corrected chi connectivity index (χ1v) is 8.01. The number of imide groups is 1. The molecule has 21 heavy (non-hydrogen) atoms. The highest BCUT2D eigenvalue weighted by atomic mass is 32.2. The summed E-state index contributed by atoms with van der Waals surface area (Å²) in [5.74, 6) is 1.75. The standard InChI is InChI=1S/C16H17NO3S/c1-20-12-2-3-13-11(7-9-21-14(13)10-12)6-8-17-15(18)4-5-16(17)19/h2-3,6,10H,4-5,7-9H2,1H3. The van der Waals surface area contributed by atoms with E-state index in [4.69, 9.17) is 4.74 Å². The number of ether oxygens (including phenoxy) is 1. The molecule has 2 aliphatic rings. The number of likely N-dealkylation sites (tertiary alicyclic amines) is 1. The minimum absolute atomic E-state index is 0.0583. The van der Waals surface area contributed by atoms with E-state index in [9.17, 15) is 9.59 Å². The SMILES string of the molecule is COc1ccc2c(c1)SCCC2=CCN1C(=O)CCC1=O. The van der Waals surface area contributed by atoms with Crippen molar-refractivity contribution < 1.29 is 14.3 Å². The van der Waals surface area contributed by atoms with Gasteiger partial charge >= 0.3 is 0 Å². The van der Waals surface area contributed by atoms with E-state index in [1.807, 2.05) is 30.0 Å². The van der Waals surface area contributed by atoms with E-state index in [1.54, 1.807) is 7.11 Å². The zero-order valence-corrected chi connectivity index (χ0v) is 12.7. The van der Waals surface area contributed by atoms with Crippen molar-refractivity contribution in [2.24, 2.45) is 0 Å². The number of hydrogen-bond donors (Lipinski definition) is 0. The van der Waals surface area contributed by atoms with E-state index in [1.165, 1.54) is 20.9 Å². The number of methoxy groups -OCH3 is 1. The minimum Gasteiger partial charge on any atom is -0.497 e. The lowest BCUT2D eigenvalue weighted by atomic mass is 10.0. The van der Waals surface area contributed by atoms with Crippen molar-refractivity contribution in [2.75, 3.05) is 19.4 Å². The van der Waals surface area contributed by atoms with Crippen LogP contribution >= 0.6 is 11.8 Å². The molecule has 0 unspecified atom stereocenters. The molecule has 0 bridgehead atoms. The number of rotatable bonds is 3. The van der Waals surface area contributed by atoms with Gasteiger partial charge in [-0.1, -0.05) is 6.08 Å². The van der Waals surface area contributed by atoms with Crippen molar-refractivity contribution in [1.82, 2.24) is 4.90 Å². The lowest BCUT2D eigenvalue weighted by Crippen LogP contribution is -2.29. The van der Waals surface area contributed by atoms with Crippen LogP contribution < -0.4 is 4.74 Å². The number of amides is 2. The van der Waals surface area contributed by atoms with Gasteiger partial charge in [-0.05, 0) is 35.8 Å². The number of thioether (sulfide) groups is 1. The van der Waals surface area contributed by atoms with Crippen LogP contribution in [-0.2, 0) is 9.59 Å². The molecule has 110 valence electrons. The molecule has 0 N–H and O–H groups in total. The maximum atomic E-state index is 11.6. The van der Waals surface area contributed by atoms with Gasteiger partial charge in [-0.15, -0.1) is 11.8 Å². The van der Waals surface area contributed by atoms with E-state index < -0.39 is 0 Å². The zero-order valence-electron chi connectivity index (χ0n) is 11.9. The average Bonchev–Trinajstić information content (AvgIpc) is 2.83. The molecule has 0 spiro atoms. The van der Waals surface area contributed by atoms with Gasteiger partial charge in [0, 0.05) is 30.0 Å². The van der Waals surface area contributed by atoms with Crippen LogP contribution in [0.1, 0.15) is 24.8 Å². The highest BCUT2D eigenvalue weighted by Crippen LogP contribution is 2.38. The van der Waals surface area contributed by atoms with Gasteiger partial charge in [-0.25, -0.2) is 0 Å². The number of benzene rings is 1. The molecule has 1 aromatic carbocycles. The van der Waals surface area contributed by atoms with Crippen molar-refractivity contribution in [3.05, 3.63) is 29.8 Å². The van der Waals surface area contributed by atoms with Crippen molar-refractivity contribution in [2.45, 2.75) is 24.2 Å². The van der Waals surface area contributed by atoms with Gasteiger partial charge in [0.25, 0.3) is 0 Å². The fraction of sp³-hybridized carbons (Fsp3) is 0.375. The summed E-state index contributed by atoms with van der Waals surface area (Å²) in [6, 6.07) is 6.05. The van der Waals surface area contributed by atoms with E-state index in [0.29, 0.717) is 19.4 Å². The quantitative estimate of drug-likeness (QED) is 0.806. The number of carbonyl (C=O) groups excluding carboxylic acids is 2. The predicted molar refractivity (Wildman–Crippen MR) is 82.3 cm³/mol. The lowest BCUT2D eigenvalue weighted by molar-refractivity contribution is -0.137. The second kappa shape index (κ2) is 5.93. The van der Waals surface area contributed by atoms with E-state index in [0.717, 1.165) is 17.9 Å². The molecule has 4 nitrogen and oxygen atoms in total. The van der Waals surface area contributed by atoms with E-state index >= 15 is 0 Å². The van der Waals surface area contributed by atoms with Crippen LogP contribution in [0.2, 0.25) is 0 Å². The Hall–Kier alpha value is -1.75. The molecule has 3 rings (SSSR count). The Kier molecular flexibility index (Phi) is 4.01. The van der Waals surface area contributed by atoms with Crippen molar-refractivity contribution >= 4 is 29.1 Å². The topological polar surface area (TPSA) is 46.6 Å². The van der Waals surface area contributed by atoms with Gasteiger partial charge in [0.05, 0.1) is 7.11 Å². The molecule has 0 aromatic heterocycles. The smallest absolute Gasteiger partial charge is 0.229 e. The van der Waals surface area contributed by atoms with Gasteiger partial charge < -0.3 is 4.74 Å². The molecule has 2 amide bonds. The van der Waals surface area contributed by atoms with Gasteiger partial charge in [0.15, 0.2) is 0 Å². The number of carbonyl (C=O) groups is 2. The molecule has 2 aliphatic heterocycles. The molecular formula is C16H17NO3S. The maximum Gasteiger partial charge on any atom is 0.229 e. The van der Waals surface area contributed by atoms with Crippen LogP contribution in [0, 0.1) is 0 Å². The second-order valence-electron chi connectivity index (χ2n) is 5.09. The third-order valence-electron chi connectivity index (χ3n) is 3.84. The van der Waals surface area contributed by atoms with Crippen LogP contribution in [0.4, 0.5) is 0 Å². The number of fused-ring (bicyclic) bond motifs is 1. The Morgan fingerprint density at radius 2 is 2.00 bits per heavy atom. The summed E-state index contributed by atoms with van der Waals surface area (Å²) in [4.78, 5) is 25.8. The predicted octanol–water partition coefficient (Wildman–Crippen LogP) is 2.72. The fourth-order valence-electron chi connectivity index (χ4n) is 2.66. The molecule has 0 atom stereocenters. The Bertz CT molecular complexity index is 608. The highest BCUT2D eigenvalue weighted by Gasteiger charge is 2.28. The minimum atomic E-state index is -0.0583. The Labute approximate surface area is 128 Å². The number of allylic oxidation sites excluding steroid dienone is 1. The monoisotopic (exact) mass is 303 g/mol. The summed E-state index contributed by atoms with van der Waals surface area (Å²) in [5, 5.41) is 0. The molecule has 1 fully saturated rings. The molecule has 2 heterocycles. The molecular weight excluding hydrogens is 286 g/mol. The maximum absolute atomic E-state index is 11.6. The Morgan fingerprint density at radius 1 is 1.24 bits per heavy atom. The van der Waals surface area contributed by atoms with Crippen LogP contribution in [0.3, 0.4) is 0 Å². The molecule has 1 saturated heterocycles. The summed E-state index contributed by atoms with van der Waals surface area (Å²) >= 11 is 1.81. The summed E-state index contributed by atoms with van der Waals surface area (Å²) in [5.41, 5.74) is 2.39. The Morgan fingerprint density at radius 3 is 2.71 bits per heavy atom.